The zero-order valence-electron chi connectivity index (χ0n) is 8.74. The molecule has 0 saturated carbocycles. The molecule has 0 aliphatic rings. The minimum absolute atomic E-state index is 0.0167. The summed E-state index contributed by atoms with van der Waals surface area (Å²) in [7, 11) is -3.37. The lowest BCUT2D eigenvalue weighted by Gasteiger charge is -2.07. The number of fused-ring (bicyclic) bond motifs is 1. The maximum Gasteiger partial charge on any atom is 0.179 e. The van der Waals surface area contributed by atoms with E-state index in [0.717, 1.165) is 15.2 Å². The summed E-state index contributed by atoms with van der Waals surface area (Å²) in [4.78, 5) is 4.16. The third kappa shape index (κ3) is 2.46. The van der Waals surface area contributed by atoms with Gasteiger partial charge in [0.1, 0.15) is 10.7 Å². The van der Waals surface area contributed by atoms with Crippen LogP contribution in [0.15, 0.2) is 32.0 Å². The van der Waals surface area contributed by atoms with Crippen LogP contribution in [-0.2, 0) is 9.84 Å². The van der Waals surface area contributed by atoms with Crippen molar-refractivity contribution in [3.63, 3.8) is 0 Å². The molecule has 2 rings (SSSR count). The van der Waals surface area contributed by atoms with Crippen LogP contribution in [0.1, 0.15) is 0 Å². The number of nitrogen functional groups attached to an aromatic ring is 1. The molecule has 2 N–H and O–H groups in total. The summed E-state index contributed by atoms with van der Waals surface area (Å²) < 4.78 is 24.6. The monoisotopic (exact) mass is 378 g/mol. The van der Waals surface area contributed by atoms with Gasteiger partial charge in [0.25, 0.3) is 0 Å². The van der Waals surface area contributed by atoms with E-state index in [-0.39, 0.29) is 10.7 Å². The van der Waals surface area contributed by atoms with Gasteiger partial charge in [-0.25, -0.2) is 13.4 Å². The fraction of sp³-hybridized carbons (Fsp3) is 0.100. The molecular weight excluding hydrogens is 372 g/mol. The number of hydrogen-bond donors (Lipinski definition) is 1. The van der Waals surface area contributed by atoms with E-state index in [1.165, 1.54) is 6.07 Å². The number of halogens is 2. The highest BCUT2D eigenvalue weighted by molar-refractivity contribution is 9.11. The van der Waals surface area contributed by atoms with Gasteiger partial charge in [-0.05, 0) is 34.1 Å². The first-order valence-electron chi connectivity index (χ1n) is 4.54. The van der Waals surface area contributed by atoms with Crippen molar-refractivity contribution >= 4 is 58.4 Å². The van der Waals surface area contributed by atoms with E-state index in [4.69, 9.17) is 5.73 Å². The standard InChI is InChI=1S/C10H8Br2N2O2S/c1-17(15,16)8-3-5-2-6(11)4-7(12)9(5)14-10(8)13/h2-4H,1H3,(H2,13,14). The van der Waals surface area contributed by atoms with Crippen molar-refractivity contribution < 1.29 is 8.42 Å². The van der Waals surface area contributed by atoms with Crippen LogP contribution in [-0.4, -0.2) is 19.7 Å². The number of aromatic nitrogens is 1. The summed E-state index contributed by atoms with van der Waals surface area (Å²) in [5, 5.41) is 0.709. The van der Waals surface area contributed by atoms with Gasteiger partial charge in [0, 0.05) is 20.6 Å². The summed E-state index contributed by atoms with van der Waals surface area (Å²) >= 11 is 6.70. The van der Waals surface area contributed by atoms with Crippen LogP contribution < -0.4 is 5.73 Å². The quantitative estimate of drug-likeness (QED) is 0.826. The van der Waals surface area contributed by atoms with Crippen LogP contribution in [0.5, 0.6) is 0 Å². The zero-order chi connectivity index (χ0) is 12.8. The minimum atomic E-state index is -3.37. The van der Waals surface area contributed by atoms with Gasteiger partial charge in [-0.2, -0.15) is 0 Å². The molecular formula is C10H8Br2N2O2S. The van der Waals surface area contributed by atoms with Crippen molar-refractivity contribution in [2.24, 2.45) is 0 Å². The first-order chi connectivity index (χ1) is 7.79. The Hall–Kier alpha value is -0.660. The number of pyridine rings is 1. The first-order valence-corrected chi connectivity index (χ1v) is 8.02. The van der Waals surface area contributed by atoms with Crippen molar-refractivity contribution in [2.75, 3.05) is 12.0 Å². The normalized spacial score (nSPS) is 11.9. The molecule has 0 fully saturated rings. The lowest BCUT2D eigenvalue weighted by molar-refractivity contribution is 0.602. The predicted octanol–water partition coefficient (Wildman–Crippen LogP) is 2.75. The van der Waals surface area contributed by atoms with E-state index < -0.39 is 9.84 Å². The Morgan fingerprint density at radius 2 is 1.88 bits per heavy atom. The maximum absolute atomic E-state index is 11.5. The van der Waals surface area contributed by atoms with E-state index in [1.54, 1.807) is 6.07 Å². The molecule has 0 aliphatic heterocycles. The van der Waals surface area contributed by atoms with Gasteiger partial charge < -0.3 is 5.73 Å². The van der Waals surface area contributed by atoms with Crippen LogP contribution in [0, 0.1) is 0 Å². The molecule has 0 spiro atoms. The summed E-state index contributed by atoms with van der Waals surface area (Å²) in [6.07, 6.45) is 1.11. The van der Waals surface area contributed by atoms with E-state index >= 15 is 0 Å². The van der Waals surface area contributed by atoms with Crippen LogP contribution in [0.2, 0.25) is 0 Å². The van der Waals surface area contributed by atoms with E-state index in [0.29, 0.717) is 10.9 Å². The molecule has 1 heterocycles. The summed E-state index contributed by atoms with van der Waals surface area (Å²) in [5.74, 6) is 0.0167. The Bertz CT molecular complexity index is 714. The number of nitrogens with two attached hydrogens (primary N) is 1. The van der Waals surface area contributed by atoms with Crippen molar-refractivity contribution in [1.82, 2.24) is 4.98 Å². The Morgan fingerprint density at radius 3 is 2.47 bits per heavy atom. The number of sulfone groups is 1. The van der Waals surface area contributed by atoms with Gasteiger partial charge in [-0.1, -0.05) is 15.9 Å². The minimum Gasteiger partial charge on any atom is -0.383 e. The van der Waals surface area contributed by atoms with E-state index in [2.05, 4.69) is 36.8 Å². The molecule has 90 valence electrons. The van der Waals surface area contributed by atoms with Crippen molar-refractivity contribution in [3.05, 3.63) is 27.1 Å². The summed E-state index contributed by atoms with van der Waals surface area (Å²) in [6, 6.07) is 5.15. The van der Waals surface area contributed by atoms with E-state index in [1.807, 2.05) is 6.07 Å². The lowest BCUT2D eigenvalue weighted by Crippen LogP contribution is -2.04. The van der Waals surface area contributed by atoms with Gasteiger partial charge >= 0.3 is 0 Å². The van der Waals surface area contributed by atoms with Crippen molar-refractivity contribution in [1.29, 1.82) is 0 Å². The third-order valence-electron chi connectivity index (χ3n) is 2.23. The van der Waals surface area contributed by atoms with Crippen LogP contribution in [0.3, 0.4) is 0 Å². The molecule has 0 aliphatic carbocycles. The SMILES string of the molecule is CS(=O)(=O)c1cc2cc(Br)cc(Br)c2nc1N. The first kappa shape index (κ1) is 12.8. The fourth-order valence-electron chi connectivity index (χ4n) is 1.50. The molecule has 7 heteroatoms. The zero-order valence-corrected chi connectivity index (χ0v) is 12.7. The van der Waals surface area contributed by atoms with Gasteiger partial charge in [0.05, 0.1) is 5.52 Å². The molecule has 17 heavy (non-hydrogen) atoms. The Morgan fingerprint density at radius 1 is 1.24 bits per heavy atom. The highest BCUT2D eigenvalue weighted by atomic mass is 79.9. The largest absolute Gasteiger partial charge is 0.383 e. The van der Waals surface area contributed by atoms with Gasteiger partial charge in [0.15, 0.2) is 9.84 Å². The number of benzene rings is 1. The molecule has 0 radical (unpaired) electrons. The highest BCUT2D eigenvalue weighted by Gasteiger charge is 2.15. The Balaban J connectivity index is 2.90. The number of anilines is 1. The smallest absolute Gasteiger partial charge is 0.179 e. The number of hydrogen-bond acceptors (Lipinski definition) is 4. The topological polar surface area (TPSA) is 73.0 Å². The molecule has 0 unspecified atom stereocenters. The maximum atomic E-state index is 11.5. The highest BCUT2D eigenvalue weighted by Crippen LogP contribution is 2.30. The molecule has 0 amide bonds. The second kappa shape index (κ2) is 4.22. The van der Waals surface area contributed by atoms with Crippen LogP contribution in [0.25, 0.3) is 10.9 Å². The van der Waals surface area contributed by atoms with E-state index in [9.17, 15) is 8.42 Å². The summed E-state index contributed by atoms with van der Waals surface area (Å²) in [6.45, 7) is 0. The number of rotatable bonds is 1. The third-order valence-corrected chi connectivity index (χ3v) is 4.42. The predicted molar refractivity (Wildman–Crippen MR) is 74.7 cm³/mol. The van der Waals surface area contributed by atoms with Gasteiger partial charge in [-0.3, -0.25) is 0 Å². The fourth-order valence-corrected chi connectivity index (χ4v) is 3.62. The molecule has 2 aromatic rings. The average Bonchev–Trinajstić information content (AvgIpc) is 2.16. The van der Waals surface area contributed by atoms with Crippen molar-refractivity contribution in [2.45, 2.75) is 4.90 Å². The molecule has 1 aromatic heterocycles. The Kier molecular flexibility index (Phi) is 3.17. The van der Waals surface area contributed by atoms with Crippen LogP contribution >= 0.6 is 31.9 Å². The molecule has 1 aromatic carbocycles. The second-order valence-electron chi connectivity index (χ2n) is 3.60. The Labute approximate surface area is 115 Å². The molecule has 4 nitrogen and oxygen atoms in total. The van der Waals surface area contributed by atoms with Crippen LogP contribution in [0.4, 0.5) is 5.82 Å². The molecule has 0 saturated heterocycles. The van der Waals surface area contributed by atoms with Crippen molar-refractivity contribution in [3.8, 4) is 0 Å². The second-order valence-corrected chi connectivity index (χ2v) is 7.36. The molecule has 0 bridgehead atoms. The lowest BCUT2D eigenvalue weighted by atomic mass is 10.2. The van der Waals surface area contributed by atoms with Gasteiger partial charge in [0.2, 0.25) is 0 Å². The molecule has 0 atom stereocenters. The summed E-state index contributed by atoms with van der Waals surface area (Å²) in [5.41, 5.74) is 6.29. The number of nitrogens with zero attached hydrogens (tertiary/aromatic N) is 1. The van der Waals surface area contributed by atoms with Gasteiger partial charge in [-0.15, -0.1) is 0 Å². The average molecular weight is 380 g/mol.